The number of carbonyl (C=O) groups is 2. The number of Topliss-reactive ketones (excluding diaryl/α,β-unsaturated/α-hetero) is 1. The molecule has 0 saturated heterocycles. The van der Waals surface area contributed by atoms with Crippen molar-refractivity contribution in [2.24, 2.45) is 7.05 Å². The van der Waals surface area contributed by atoms with E-state index in [9.17, 15) is 9.59 Å². The Kier molecular flexibility index (Phi) is 4.11. The van der Waals surface area contributed by atoms with Gasteiger partial charge in [-0.1, -0.05) is 0 Å². The molecule has 0 aliphatic heterocycles. The molecule has 0 aliphatic rings. The van der Waals surface area contributed by atoms with Gasteiger partial charge in [-0.3, -0.25) is 4.79 Å². The number of aromatic nitrogens is 2. The number of amides is 1. The molecule has 1 amide bonds. The second-order valence-corrected chi connectivity index (χ2v) is 5.06. The van der Waals surface area contributed by atoms with Crippen LogP contribution in [0.1, 0.15) is 37.1 Å². The maximum absolute atomic E-state index is 11.8. The fourth-order valence-corrected chi connectivity index (χ4v) is 1.30. The van der Waals surface area contributed by atoms with Gasteiger partial charge in [0.2, 0.25) is 5.78 Å². The van der Waals surface area contributed by atoms with Crippen LogP contribution in [0.2, 0.25) is 0 Å². The number of ether oxygens (including phenoxy) is 1. The van der Waals surface area contributed by atoms with E-state index < -0.39 is 11.7 Å². The van der Waals surface area contributed by atoms with Crippen molar-refractivity contribution in [2.75, 3.05) is 6.54 Å². The summed E-state index contributed by atoms with van der Waals surface area (Å²) < 4.78 is 6.71. The van der Waals surface area contributed by atoms with Crippen LogP contribution in [0.15, 0.2) is 6.20 Å². The normalized spacial score (nSPS) is 11.2. The standard InChI is InChI=1S/C12H19N3O3/c1-8-6-13-10(15(8)5)9(16)7-14-11(17)18-12(2,3)4/h6H,7H2,1-5H3,(H,14,17). The molecule has 0 fully saturated rings. The Morgan fingerprint density at radius 3 is 2.50 bits per heavy atom. The van der Waals surface area contributed by atoms with Crippen LogP contribution in [0.4, 0.5) is 4.79 Å². The smallest absolute Gasteiger partial charge is 0.408 e. The minimum Gasteiger partial charge on any atom is -0.444 e. The van der Waals surface area contributed by atoms with Gasteiger partial charge in [0.1, 0.15) is 5.60 Å². The zero-order valence-electron chi connectivity index (χ0n) is 11.4. The first-order valence-electron chi connectivity index (χ1n) is 5.69. The molecule has 0 spiro atoms. The molecule has 0 aromatic carbocycles. The van der Waals surface area contributed by atoms with E-state index in [4.69, 9.17) is 4.74 Å². The van der Waals surface area contributed by atoms with Crippen LogP contribution >= 0.6 is 0 Å². The van der Waals surface area contributed by atoms with Gasteiger partial charge in [0, 0.05) is 18.9 Å². The van der Waals surface area contributed by atoms with Gasteiger partial charge in [-0.05, 0) is 27.7 Å². The van der Waals surface area contributed by atoms with Gasteiger partial charge >= 0.3 is 6.09 Å². The van der Waals surface area contributed by atoms with Gasteiger partial charge in [0.05, 0.1) is 6.54 Å². The molecule has 6 nitrogen and oxygen atoms in total. The van der Waals surface area contributed by atoms with Crippen molar-refractivity contribution >= 4 is 11.9 Å². The van der Waals surface area contributed by atoms with Gasteiger partial charge < -0.3 is 14.6 Å². The van der Waals surface area contributed by atoms with Crippen LogP contribution in [-0.2, 0) is 11.8 Å². The predicted molar refractivity (Wildman–Crippen MR) is 66.5 cm³/mol. The average molecular weight is 253 g/mol. The van der Waals surface area contributed by atoms with E-state index in [2.05, 4.69) is 10.3 Å². The maximum Gasteiger partial charge on any atom is 0.408 e. The van der Waals surface area contributed by atoms with Crippen LogP contribution in [-0.4, -0.2) is 33.6 Å². The molecule has 1 aromatic rings. The summed E-state index contributed by atoms with van der Waals surface area (Å²) in [5.74, 6) is 0.0695. The van der Waals surface area contributed by atoms with Crippen LogP contribution in [0.5, 0.6) is 0 Å². The first-order chi connectivity index (χ1) is 8.20. The summed E-state index contributed by atoms with van der Waals surface area (Å²) in [6.07, 6.45) is 1.00. The van der Waals surface area contributed by atoms with Crippen molar-refractivity contribution in [3.8, 4) is 0 Å². The molecule has 0 saturated carbocycles. The number of nitrogens with one attached hydrogen (secondary N) is 1. The summed E-state index contributed by atoms with van der Waals surface area (Å²) in [7, 11) is 1.75. The first kappa shape index (κ1) is 14.2. The zero-order chi connectivity index (χ0) is 13.9. The van der Waals surface area contributed by atoms with E-state index in [0.717, 1.165) is 5.69 Å². The summed E-state index contributed by atoms with van der Waals surface area (Å²) in [6.45, 7) is 7.01. The lowest BCUT2D eigenvalue weighted by atomic mass is 10.2. The van der Waals surface area contributed by atoms with Gasteiger partial charge in [0.15, 0.2) is 5.82 Å². The van der Waals surface area contributed by atoms with E-state index in [-0.39, 0.29) is 12.3 Å². The van der Waals surface area contributed by atoms with Crippen molar-refractivity contribution in [1.29, 1.82) is 0 Å². The molecule has 1 rings (SSSR count). The van der Waals surface area contributed by atoms with E-state index >= 15 is 0 Å². The molecule has 18 heavy (non-hydrogen) atoms. The Balaban J connectivity index is 2.52. The minimum absolute atomic E-state index is 0.126. The molecule has 6 heteroatoms. The molecule has 0 bridgehead atoms. The molecule has 1 aromatic heterocycles. The fraction of sp³-hybridized carbons (Fsp3) is 0.583. The Morgan fingerprint density at radius 2 is 2.06 bits per heavy atom. The van der Waals surface area contributed by atoms with Crippen molar-refractivity contribution < 1.29 is 14.3 Å². The third-order valence-electron chi connectivity index (χ3n) is 2.26. The second kappa shape index (κ2) is 5.20. The summed E-state index contributed by atoms with van der Waals surface area (Å²) >= 11 is 0. The van der Waals surface area contributed by atoms with E-state index in [0.29, 0.717) is 5.82 Å². The topological polar surface area (TPSA) is 73.2 Å². The van der Waals surface area contributed by atoms with Gasteiger partial charge in [-0.15, -0.1) is 0 Å². The highest BCUT2D eigenvalue weighted by Gasteiger charge is 2.18. The SMILES string of the molecule is Cc1cnc(C(=O)CNC(=O)OC(C)(C)C)n1C. The van der Waals surface area contributed by atoms with Crippen LogP contribution in [0.25, 0.3) is 0 Å². The van der Waals surface area contributed by atoms with Gasteiger partial charge in [0.25, 0.3) is 0 Å². The molecule has 0 atom stereocenters. The van der Waals surface area contributed by atoms with Crippen molar-refractivity contribution in [3.63, 3.8) is 0 Å². The van der Waals surface area contributed by atoms with Crippen molar-refractivity contribution in [2.45, 2.75) is 33.3 Å². The Labute approximate surface area is 106 Å². The zero-order valence-corrected chi connectivity index (χ0v) is 11.4. The molecule has 1 N–H and O–H groups in total. The number of aryl methyl sites for hydroxylation is 1. The summed E-state index contributed by atoms with van der Waals surface area (Å²) in [4.78, 5) is 27.2. The van der Waals surface area contributed by atoms with Gasteiger partial charge in [-0.2, -0.15) is 0 Å². The predicted octanol–water partition coefficient (Wildman–Crippen LogP) is 1.44. The average Bonchev–Trinajstić information content (AvgIpc) is 2.54. The van der Waals surface area contributed by atoms with Crippen LogP contribution in [0.3, 0.4) is 0 Å². The summed E-state index contributed by atoms with van der Waals surface area (Å²) in [5.41, 5.74) is 0.308. The third-order valence-corrected chi connectivity index (χ3v) is 2.26. The number of nitrogens with zero attached hydrogens (tertiary/aromatic N) is 2. The largest absolute Gasteiger partial charge is 0.444 e. The molecule has 100 valence electrons. The lowest BCUT2D eigenvalue weighted by molar-refractivity contribution is 0.0519. The number of carbonyl (C=O) groups excluding carboxylic acids is 2. The number of rotatable bonds is 3. The van der Waals surface area contributed by atoms with Crippen molar-refractivity contribution in [1.82, 2.24) is 14.9 Å². The maximum atomic E-state index is 11.8. The molecule has 1 heterocycles. The molecule has 0 radical (unpaired) electrons. The Morgan fingerprint density at radius 1 is 1.44 bits per heavy atom. The van der Waals surface area contributed by atoms with E-state index in [1.165, 1.54) is 0 Å². The fourth-order valence-electron chi connectivity index (χ4n) is 1.30. The van der Waals surface area contributed by atoms with E-state index in [1.807, 2.05) is 6.92 Å². The molecular weight excluding hydrogens is 234 g/mol. The number of alkyl carbamates (subject to hydrolysis) is 1. The first-order valence-corrected chi connectivity index (χ1v) is 5.69. The number of hydrogen-bond acceptors (Lipinski definition) is 4. The third kappa shape index (κ3) is 3.87. The highest BCUT2D eigenvalue weighted by molar-refractivity contribution is 5.96. The van der Waals surface area contributed by atoms with Crippen LogP contribution in [0, 0.1) is 6.92 Å². The van der Waals surface area contributed by atoms with E-state index in [1.54, 1.807) is 38.6 Å². The quantitative estimate of drug-likeness (QED) is 0.827. The van der Waals surface area contributed by atoms with Crippen molar-refractivity contribution in [3.05, 3.63) is 17.7 Å². The van der Waals surface area contributed by atoms with Crippen LogP contribution < -0.4 is 5.32 Å². The molecule has 0 aliphatic carbocycles. The lowest BCUT2D eigenvalue weighted by Crippen LogP contribution is -2.36. The minimum atomic E-state index is -0.609. The highest BCUT2D eigenvalue weighted by Crippen LogP contribution is 2.06. The number of imidazole rings is 1. The number of hydrogen-bond donors (Lipinski definition) is 1. The highest BCUT2D eigenvalue weighted by atomic mass is 16.6. The lowest BCUT2D eigenvalue weighted by Gasteiger charge is -2.19. The number of ketones is 1. The second-order valence-electron chi connectivity index (χ2n) is 5.06. The summed E-state index contributed by atoms with van der Waals surface area (Å²) in [5, 5.41) is 2.41. The Bertz CT molecular complexity index is 458. The Hall–Kier alpha value is -1.85. The van der Waals surface area contributed by atoms with Gasteiger partial charge in [-0.25, -0.2) is 9.78 Å². The molecular formula is C12H19N3O3. The summed E-state index contributed by atoms with van der Waals surface area (Å²) in [6, 6.07) is 0. The monoisotopic (exact) mass is 253 g/mol. The molecule has 0 unspecified atom stereocenters.